The van der Waals surface area contributed by atoms with Crippen LogP contribution in [0.4, 0.5) is 15.8 Å². The van der Waals surface area contributed by atoms with Gasteiger partial charge in [-0.25, -0.2) is 4.39 Å². The predicted molar refractivity (Wildman–Crippen MR) is 76.8 cm³/mol. The van der Waals surface area contributed by atoms with Gasteiger partial charge in [-0.1, -0.05) is 20.8 Å². The first-order valence-corrected chi connectivity index (χ1v) is 6.51. The van der Waals surface area contributed by atoms with Gasteiger partial charge in [0.05, 0.1) is 11.3 Å². The van der Waals surface area contributed by atoms with Crippen molar-refractivity contribution in [2.75, 3.05) is 5.32 Å². The minimum absolute atomic E-state index is 0.00417. The van der Waals surface area contributed by atoms with E-state index in [0.29, 0.717) is 6.42 Å². The number of carbonyl (C=O) groups is 1. The van der Waals surface area contributed by atoms with Crippen LogP contribution >= 0.6 is 0 Å². The Bertz CT molecular complexity index is 540. The first-order chi connectivity index (χ1) is 9.58. The van der Waals surface area contributed by atoms with E-state index in [1.54, 1.807) is 0 Å². The van der Waals surface area contributed by atoms with Crippen molar-refractivity contribution in [1.82, 2.24) is 0 Å². The quantitative estimate of drug-likeness (QED) is 0.620. The Morgan fingerprint density at radius 2 is 2.10 bits per heavy atom. The first-order valence-electron chi connectivity index (χ1n) is 6.51. The van der Waals surface area contributed by atoms with Crippen LogP contribution in [0.15, 0.2) is 18.2 Å². The number of benzene rings is 1. The highest BCUT2D eigenvalue weighted by atomic mass is 19.1. The number of halogens is 1. The maximum Gasteiger partial charge on any atom is 0.305 e. The lowest BCUT2D eigenvalue weighted by Gasteiger charge is -2.26. The number of nitrogens with one attached hydrogen (secondary N) is 1. The number of nitrogens with zero attached hydrogens (tertiary/aromatic N) is 1. The summed E-state index contributed by atoms with van der Waals surface area (Å²) in [6.07, 6.45) is 0.276. The molecule has 1 atom stereocenters. The zero-order valence-electron chi connectivity index (χ0n) is 12.2. The number of nitro benzene ring substituents is 1. The standard InChI is InChI=1S/C14H19FN2O4/c1-14(2,3)8-10(7-13(18)19)16-11-6-9(15)4-5-12(11)17(20)21/h4-6,10,16H,7-8H2,1-3H3,(H,18,19). The highest BCUT2D eigenvalue weighted by molar-refractivity contribution is 5.69. The summed E-state index contributed by atoms with van der Waals surface area (Å²) < 4.78 is 13.3. The largest absolute Gasteiger partial charge is 0.481 e. The summed E-state index contributed by atoms with van der Waals surface area (Å²) >= 11 is 0. The third-order valence-electron chi connectivity index (χ3n) is 2.79. The third kappa shape index (κ3) is 5.76. The molecule has 7 heteroatoms. The fraction of sp³-hybridized carbons (Fsp3) is 0.500. The molecule has 0 aromatic heterocycles. The Labute approximate surface area is 122 Å². The van der Waals surface area contributed by atoms with E-state index in [-0.39, 0.29) is 23.2 Å². The summed E-state index contributed by atoms with van der Waals surface area (Å²) in [5.74, 6) is -1.64. The van der Waals surface area contributed by atoms with Gasteiger partial charge in [-0.3, -0.25) is 14.9 Å². The van der Waals surface area contributed by atoms with Gasteiger partial charge in [-0.2, -0.15) is 0 Å². The van der Waals surface area contributed by atoms with Crippen molar-refractivity contribution >= 4 is 17.3 Å². The molecule has 1 rings (SSSR count). The van der Waals surface area contributed by atoms with E-state index in [4.69, 9.17) is 5.11 Å². The second kappa shape index (κ2) is 6.51. The Kier molecular flexibility index (Phi) is 5.23. The van der Waals surface area contributed by atoms with E-state index in [2.05, 4.69) is 5.32 Å². The molecule has 0 saturated carbocycles. The van der Waals surface area contributed by atoms with Crippen LogP contribution in [0.2, 0.25) is 0 Å². The van der Waals surface area contributed by atoms with Crippen molar-refractivity contribution in [3.05, 3.63) is 34.1 Å². The van der Waals surface area contributed by atoms with Crippen LogP contribution in [0.5, 0.6) is 0 Å². The van der Waals surface area contributed by atoms with E-state index in [0.717, 1.165) is 18.2 Å². The second-order valence-electron chi connectivity index (χ2n) is 6.12. The van der Waals surface area contributed by atoms with Crippen molar-refractivity contribution in [2.24, 2.45) is 5.41 Å². The lowest BCUT2D eigenvalue weighted by Crippen LogP contribution is -2.28. The molecule has 0 saturated heterocycles. The summed E-state index contributed by atoms with van der Waals surface area (Å²) in [4.78, 5) is 21.2. The molecular formula is C14H19FN2O4. The smallest absolute Gasteiger partial charge is 0.305 e. The number of nitro groups is 1. The molecule has 1 aromatic carbocycles. The summed E-state index contributed by atoms with van der Waals surface area (Å²) in [5.41, 5.74) is -0.453. The van der Waals surface area contributed by atoms with Gasteiger partial charge in [0.2, 0.25) is 0 Å². The molecule has 0 fully saturated rings. The lowest BCUT2D eigenvalue weighted by molar-refractivity contribution is -0.384. The summed E-state index contributed by atoms with van der Waals surface area (Å²) in [6.45, 7) is 5.80. The fourth-order valence-electron chi connectivity index (χ4n) is 2.13. The van der Waals surface area contributed by atoms with Gasteiger partial charge >= 0.3 is 5.97 Å². The number of anilines is 1. The van der Waals surface area contributed by atoms with E-state index in [1.807, 2.05) is 20.8 Å². The fourth-order valence-corrected chi connectivity index (χ4v) is 2.13. The van der Waals surface area contributed by atoms with E-state index in [1.165, 1.54) is 0 Å². The molecule has 0 heterocycles. The molecule has 116 valence electrons. The lowest BCUT2D eigenvalue weighted by atomic mass is 9.87. The summed E-state index contributed by atoms with van der Waals surface area (Å²) in [7, 11) is 0. The maximum atomic E-state index is 13.3. The van der Waals surface area contributed by atoms with Gasteiger partial charge in [-0.15, -0.1) is 0 Å². The molecule has 2 N–H and O–H groups in total. The van der Waals surface area contributed by atoms with E-state index in [9.17, 15) is 19.3 Å². The number of hydrogen-bond donors (Lipinski definition) is 2. The molecule has 1 unspecified atom stereocenters. The topological polar surface area (TPSA) is 92.5 Å². The molecular weight excluding hydrogens is 279 g/mol. The Balaban J connectivity index is 3.04. The van der Waals surface area contributed by atoms with Crippen molar-refractivity contribution < 1.29 is 19.2 Å². The molecule has 0 radical (unpaired) electrons. The average Bonchev–Trinajstić information content (AvgIpc) is 2.24. The van der Waals surface area contributed by atoms with Crippen LogP contribution in [-0.2, 0) is 4.79 Å². The van der Waals surface area contributed by atoms with Gasteiger partial charge < -0.3 is 10.4 Å². The zero-order chi connectivity index (χ0) is 16.2. The van der Waals surface area contributed by atoms with Crippen molar-refractivity contribution in [3.63, 3.8) is 0 Å². The Morgan fingerprint density at radius 1 is 1.48 bits per heavy atom. The van der Waals surface area contributed by atoms with Crippen LogP contribution in [0.1, 0.15) is 33.6 Å². The van der Waals surface area contributed by atoms with Gasteiger partial charge in [-0.05, 0) is 17.9 Å². The molecule has 6 nitrogen and oxygen atoms in total. The monoisotopic (exact) mass is 298 g/mol. The number of carboxylic acid groups (broad SMARTS) is 1. The van der Waals surface area contributed by atoms with Crippen LogP contribution in [0.3, 0.4) is 0 Å². The molecule has 0 aliphatic rings. The SMILES string of the molecule is CC(C)(C)CC(CC(=O)O)Nc1cc(F)ccc1[N+](=O)[O-]. The van der Waals surface area contributed by atoms with E-state index >= 15 is 0 Å². The number of carboxylic acids is 1. The van der Waals surface area contributed by atoms with Crippen LogP contribution < -0.4 is 5.32 Å². The number of aliphatic carboxylic acids is 1. The molecule has 21 heavy (non-hydrogen) atoms. The van der Waals surface area contributed by atoms with Gasteiger partial charge in [0.15, 0.2) is 0 Å². The predicted octanol–water partition coefficient (Wildman–Crippen LogP) is 3.43. The Morgan fingerprint density at radius 3 is 2.57 bits per heavy atom. The summed E-state index contributed by atoms with van der Waals surface area (Å²) in [5, 5.41) is 22.7. The summed E-state index contributed by atoms with van der Waals surface area (Å²) in [6, 6.07) is 2.55. The van der Waals surface area contributed by atoms with Crippen LogP contribution in [-0.4, -0.2) is 22.0 Å². The number of hydrogen-bond acceptors (Lipinski definition) is 4. The molecule has 0 aliphatic carbocycles. The zero-order valence-corrected chi connectivity index (χ0v) is 12.2. The first kappa shape index (κ1) is 16.9. The Hall–Kier alpha value is -2.18. The van der Waals surface area contributed by atoms with Crippen molar-refractivity contribution in [2.45, 2.75) is 39.7 Å². The number of rotatable bonds is 6. The highest BCUT2D eigenvalue weighted by Gasteiger charge is 2.24. The molecule has 0 aliphatic heterocycles. The average molecular weight is 298 g/mol. The minimum Gasteiger partial charge on any atom is -0.481 e. The third-order valence-corrected chi connectivity index (χ3v) is 2.79. The van der Waals surface area contributed by atoms with E-state index < -0.39 is 22.8 Å². The highest BCUT2D eigenvalue weighted by Crippen LogP contribution is 2.29. The minimum atomic E-state index is -1.02. The molecule has 0 spiro atoms. The van der Waals surface area contributed by atoms with Crippen molar-refractivity contribution in [3.8, 4) is 0 Å². The normalized spacial score (nSPS) is 12.8. The van der Waals surface area contributed by atoms with Crippen LogP contribution in [0.25, 0.3) is 0 Å². The van der Waals surface area contributed by atoms with Crippen molar-refractivity contribution in [1.29, 1.82) is 0 Å². The van der Waals surface area contributed by atoms with Gasteiger partial charge in [0, 0.05) is 18.2 Å². The van der Waals surface area contributed by atoms with Gasteiger partial charge in [0.1, 0.15) is 11.5 Å². The molecule has 0 bridgehead atoms. The molecule has 1 aromatic rings. The molecule has 0 amide bonds. The van der Waals surface area contributed by atoms with Crippen LogP contribution in [0, 0.1) is 21.3 Å². The maximum absolute atomic E-state index is 13.3. The second-order valence-corrected chi connectivity index (χ2v) is 6.12. The van der Waals surface area contributed by atoms with Gasteiger partial charge in [0.25, 0.3) is 5.69 Å².